The fraction of sp³-hybridized carbons (Fsp3) is 0.500. The number of thioether (sulfide) groups is 1. The molecule has 1 rings (SSSR count). The average Bonchev–Trinajstić information content (AvgIpc) is 2.35. The van der Waals surface area contributed by atoms with Gasteiger partial charge in [0, 0.05) is 10.8 Å². The molecule has 2 nitrogen and oxygen atoms in total. The Hall–Kier alpha value is -0.850. The fourth-order valence-corrected chi connectivity index (χ4v) is 2.47. The van der Waals surface area contributed by atoms with Crippen LogP contribution >= 0.6 is 23.4 Å². The lowest BCUT2D eigenvalue weighted by Gasteiger charge is -2.16. The minimum atomic E-state index is 0.653. The Morgan fingerprint density at radius 2 is 2.17 bits per heavy atom. The number of aryl methyl sites for hydroxylation is 1. The minimum Gasteiger partial charge on any atom is -0.494 e. The zero-order valence-electron chi connectivity index (χ0n) is 11.0. The van der Waals surface area contributed by atoms with Crippen LogP contribution < -0.4 is 4.74 Å². The lowest BCUT2D eigenvalue weighted by atomic mass is 10.0. The standard InChI is InChI=1S/C14H18ClNOS/c1-4-17-13-8-10(2)14(15)11(3)12(13)6-5-7-18-9-16/h8H,4-7H2,1-3H3. The van der Waals surface area contributed by atoms with Crippen molar-refractivity contribution >= 4 is 23.4 Å². The van der Waals surface area contributed by atoms with E-state index in [-0.39, 0.29) is 0 Å². The quantitative estimate of drug-likeness (QED) is 0.569. The van der Waals surface area contributed by atoms with E-state index in [1.807, 2.05) is 26.8 Å². The summed E-state index contributed by atoms with van der Waals surface area (Å²) in [5, 5.41) is 11.4. The van der Waals surface area contributed by atoms with Crippen molar-refractivity contribution in [1.82, 2.24) is 0 Å². The lowest BCUT2D eigenvalue weighted by molar-refractivity contribution is 0.336. The summed E-state index contributed by atoms with van der Waals surface area (Å²) in [7, 11) is 0. The fourth-order valence-electron chi connectivity index (χ4n) is 1.92. The molecular weight excluding hydrogens is 266 g/mol. The first-order valence-corrected chi connectivity index (χ1v) is 7.40. The summed E-state index contributed by atoms with van der Waals surface area (Å²) in [4.78, 5) is 0. The number of rotatable bonds is 6. The summed E-state index contributed by atoms with van der Waals surface area (Å²) in [5.41, 5.74) is 3.32. The van der Waals surface area contributed by atoms with E-state index >= 15 is 0 Å². The molecule has 0 amide bonds. The third-order valence-electron chi connectivity index (χ3n) is 2.81. The van der Waals surface area contributed by atoms with Crippen molar-refractivity contribution in [3.8, 4) is 11.2 Å². The lowest BCUT2D eigenvalue weighted by Crippen LogP contribution is -2.02. The van der Waals surface area contributed by atoms with Crippen molar-refractivity contribution in [2.24, 2.45) is 0 Å². The van der Waals surface area contributed by atoms with E-state index in [0.29, 0.717) is 6.61 Å². The predicted molar refractivity (Wildman–Crippen MR) is 78.5 cm³/mol. The molecule has 0 saturated heterocycles. The van der Waals surface area contributed by atoms with Gasteiger partial charge < -0.3 is 4.74 Å². The number of hydrogen-bond donors (Lipinski definition) is 0. The van der Waals surface area contributed by atoms with Gasteiger partial charge in [-0.15, -0.1) is 0 Å². The van der Waals surface area contributed by atoms with Gasteiger partial charge in [-0.1, -0.05) is 11.6 Å². The Morgan fingerprint density at radius 3 is 2.78 bits per heavy atom. The van der Waals surface area contributed by atoms with Crippen LogP contribution in [0, 0.1) is 24.5 Å². The molecule has 1 aromatic rings. The molecule has 98 valence electrons. The average molecular weight is 284 g/mol. The first kappa shape index (κ1) is 15.2. The molecule has 0 spiro atoms. The van der Waals surface area contributed by atoms with Crippen LogP contribution in [0.15, 0.2) is 6.07 Å². The van der Waals surface area contributed by atoms with Crippen molar-refractivity contribution in [2.45, 2.75) is 33.6 Å². The van der Waals surface area contributed by atoms with Crippen LogP contribution in [0.2, 0.25) is 5.02 Å². The van der Waals surface area contributed by atoms with E-state index in [0.717, 1.165) is 40.5 Å². The van der Waals surface area contributed by atoms with Gasteiger partial charge in [0.15, 0.2) is 0 Å². The first-order chi connectivity index (χ1) is 8.61. The van der Waals surface area contributed by atoms with Gasteiger partial charge in [-0.2, -0.15) is 5.26 Å². The van der Waals surface area contributed by atoms with Crippen LogP contribution in [0.1, 0.15) is 30.0 Å². The number of ether oxygens (including phenoxy) is 1. The van der Waals surface area contributed by atoms with Crippen molar-refractivity contribution in [3.63, 3.8) is 0 Å². The maximum Gasteiger partial charge on any atom is 0.133 e. The third kappa shape index (κ3) is 3.83. The molecule has 0 heterocycles. The molecule has 0 atom stereocenters. The van der Waals surface area contributed by atoms with Gasteiger partial charge in [-0.25, -0.2) is 0 Å². The molecule has 0 bridgehead atoms. The highest BCUT2D eigenvalue weighted by molar-refractivity contribution is 8.03. The number of thiocyanates is 1. The van der Waals surface area contributed by atoms with Gasteiger partial charge in [0.05, 0.1) is 6.61 Å². The molecule has 0 N–H and O–H groups in total. The Morgan fingerprint density at radius 1 is 1.44 bits per heavy atom. The molecule has 0 unspecified atom stereocenters. The monoisotopic (exact) mass is 283 g/mol. The Balaban J connectivity index is 2.92. The number of nitriles is 1. The van der Waals surface area contributed by atoms with Crippen molar-refractivity contribution in [1.29, 1.82) is 5.26 Å². The summed E-state index contributed by atoms with van der Waals surface area (Å²) >= 11 is 7.57. The summed E-state index contributed by atoms with van der Waals surface area (Å²) in [5.74, 6) is 1.77. The van der Waals surface area contributed by atoms with Crippen LogP contribution in [-0.2, 0) is 6.42 Å². The third-order valence-corrected chi connectivity index (χ3v) is 4.01. The van der Waals surface area contributed by atoms with Gasteiger partial charge in [0.1, 0.15) is 11.2 Å². The number of hydrogen-bond acceptors (Lipinski definition) is 3. The van der Waals surface area contributed by atoms with Crippen LogP contribution in [-0.4, -0.2) is 12.4 Å². The van der Waals surface area contributed by atoms with E-state index < -0.39 is 0 Å². The summed E-state index contributed by atoms with van der Waals surface area (Å²) in [6, 6.07) is 2.01. The molecule has 0 aromatic heterocycles. The van der Waals surface area contributed by atoms with Gasteiger partial charge in [-0.05, 0) is 68.1 Å². The van der Waals surface area contributed by atoms with Gasteiger partial charge in [0.2, 0.25) is 0 Å². The molecular formula is C14H18ClNOS. The molecule has 0 aliphatic heterocycles. The van der Waals surface area contributed by atoms with Crippen molar-refractivity contribution in [2.75, 3.05) is 12.4 Å². The molecule has 0 radical (unpaired) electrons. The highest BCUT2D eigenvalue weighted by Gasteiger charge is 2.12. The molecule has 4 heteroatoms. The summed E-state index contributed by atoms with van der Waals surface area (Å²) in [6.07, 6.45) is 1.86. The summed E-state index contributed by atoms with van der Waals surface area (Å²) in [6.45, 7) is 6.66. The SMILES string of the molecule is CCOc1cc(C)c(Cl)c(C)c1CCCSC#N. The smallest absolute Gasteiger partial charge is 0.133 e. The van der Waals surface area contributed by atoms with E-state index in [2.05, 4.69) is 5.40 Å². The predicted octanol–water partition coefficient (Wildman–Crippen LogP) is 4.50. The van der Waals surface area contributed by atoms with Gasteiger partial charge in [-0.3, -0.25) is 0 Å². The number of halogens is 1. The van der Waals surface area contributed by atoms with Crippen LogP contribution in [0.25, 0.3) is 0 Å². The topological polar surface area (TPSA) is 33.0 Å². The van der Waals surface area contributed by atoms with Gasteiger partial charge in [0.25, 0.3) is 0 Å². The zero-order chi connectivity index (χ0) is 13.5. The maximum absolute atomic E-state index is 8.50. The molecule has 0 saturated carbocycles. The van der Waals surface area contributed by atoms with Crippen molar-refractivity contribution in [3.05, 3.63) is 27.8 Å². The van der Waals surface area contributed by atoms with Crippen molar-refractivity contribution < 1.29 is 4.74 Å². The second kappa shape index (κ2) is 7.56. The molecule has 1 aromatic carbocycles. The molecule has 18 heavy (non-hydrogen) atoms. The van der Waals surface area contributed by atoms with E-state index in [4.69, 9.17) is 21.6 Å². The molecule has 0 fully saturated rings. The second-order valence-corrected chi connectivity index (χ2v) is 5.34. The number of benzene rings is 1. The van der Waals surface area contributed by atoms with Gasteiger partial charge >= 0.3 is 0 Å². The minimum absolute atomic E-state index is 0.653. The maximum atomic E-state index is 8.50. The number of nitrogens with zero attached hydrogens (tertiary/aromatic N) is 1. The Kier molecular flexibility index (Phi) is 6.38. The van der Waals surface area contributed by atoms with E-state index in [1.165, 1.54) is 17.3 Å². The summed E-state index contributed by atoms with van der Waals surface area (Å²) < 4.78 is 5.68. The highest BCUT2D eigenvalue weighted by atomic mass is 35.5. The zero-order valence-corrected chi connectivity index (χ0v) is 12.6. The highest BCUT2D eigenvalue weighted by Crippen LogP contribution is 2.32. The Labute approximate surface area is 118 Å². The largest absolute Gasteiger partial charge is 0.494 e. The van der Waals surface area contributed by atoms with E-state index in [1.54, 1.807) is 0 Å². The second-order valence-electron chi connectivity index (χ2n) is 4.09. The van der Waals surface area contributed by atoms with Crippen LogP contribution in [0.4, 0.5) is 0 Å². The first-order valence-electron chi connectivity index (χ1n) is 6.04. The van der Waals surface area contributed by atoms with Crippen LogP contribution in [0.5, 0.6) is 5.75 Å². The molecule has 0 aliphatic carbocycles. The normalized spacial score (nSPS) is 10.2. The Bertz CT molecular complexity index is 454. The van der Waals surface area contributed by atoms with E-state index in [9.17, 15) is 0 Å². The molecule has 0 aliphatic rings. The van der Waals surface area contributed by atoms with Crippen LogP contribution in [0.3, 0.4) is 0 Å².